The summed E-state index contributed by atoms with van der Waals surface area (Å²) >= 11 is 3.44. The Hall–Kier alpha value is -1.36. The second-order valence-corrected chi connectivity index (χ2v) is 5.69. The number of nitrogens with one attached hydrogen (secondary N) is 1. The van der Waals surface area contributed by atoms with Crippen LogP contribution in [0.4, 0.5) is 0 Å². The lowest BCUT2D eigenvalue weighted by Gasteiger charge is -2.13. The zero-order valence-electron chi connectivity index (χ0n) is 11.3. The van der Waals surface area contributed by atoms with Crippen molar-refractivity contribution in [2.24, 2.45) is 0 Å². The van der Waals surface area contributed by atoms with Gasteiger partial charge < -0.3 is 15.5 Å². The summed E-state index contributed by atoms with van der Waals surface area (Å²) in [5, 5.41) is 22.8. The third kappa shape index (κ3) is 4.07. The quantitative estimate of drug-likeness (QED) is 0.785. The van der Waals surface area contributed by atoms with Crippen molar-refractivity contribution in [2.75, 3.05) is 6.54 Å². The van der Waals surface area contributed by atoms with Gasteiger partial charge in [0.1, 0.15) is 5.75 Å². The highest BCUT2D eigenvalue weighted by Gasteiger charge is 2.08. The van der Waals surface area contributed by atoms with E-state index in [-0.39, 0.29) is 5.75 Å². The van der Waals surface area contributed by atoms with Gasteiger partial charge in [-0.15, -0.1) is 0 Å². The predicted molar refractivity (Wildman–Crippen MR) is 83.7 cm³/mol. The van der Waals surface area contributed by atoms with Crippen LogP contribution in [0, 0.1) is 6.92 Å². The van der Waals surface area contributed by atoms with Crippen LogP contribution >= 0.6 is 15.9 Å². The van der Waals surface area contributed by atoms with Gasteiger partial charge in [-0.05, 0) is 36.2 Å². The molecule has 3 nitrogen and oxygen atoms in total. The highest BCUT2D eigenvalue weighted by Crippen LogP contribution is 2.21. The molecule has 0 aliphatic heterocycles. The van der Waals surface area contributed by atoms with Crippen LogP contribution in [0.15, 0.2) is 46.9 Å². The van der Waals surface area contributed by atoms with E-state index in [4.69, 9.17) is 0 Å². The molecule has 3 N–H and O–H groups in total. The number of aromatic hydroxyl groups is 1. The van der Waals surface area contributed by atoms with Crippen LogP contribution < -0.4 is 5.32 Å². The lowest BCUT2D eigenvalue weighted by atomic mass is 10.1. The maximum atomic E-state index is 10.1. The minimum Gasteiger partial charge on any atom is -0.508 e. The Morgan fingerprint density at radius 3 is 2.75 bits per heavy atom. The molecule has 0 spiro atoms. The maximum Gasteiger partial charge on any atom is 0.115 e. The van der Waals surface area contributed by atoms with Crippen LogP contribution in [0.1, 0.15) is 22.8 Å². The molecule has 20 heavy (non-hydrogen) atoms. The molecule has 2 rings (SSSR count). The van der Waals surface area contributed by atoms with Crippen molar-refractivity contribution in [3.63, 3.8) is 0 Å². The van der Waals surface area contributed by atoms with E-state index in [1.54, 1.807) is 12.1 Å². The number of aryl methyl sites for hydroxylation is 1. The fourth-order valence-electron chi connectivity index (χ4n) is 2.04. The van der Waals surface area contributed by atoms with E-state index < -0.39 is 6.10 Å². The third-order valence-electron chi connectivity index (χ3n) is 3.11. The zero-order chi connectivity index (χ0) is 14.5. The van der Waals surface area contributed by atoms with Gasteiger partial charge >= 0.3 is 0 Å². The molecule has 2 aromatic carbocycles. The molecule has 0 saturated heterocycles. The van der Waals surface area contributed by atoms with Crippen LogP contribution in [0.5, 0.6) is 5.75 Å². The van der Waals surface area contributed by atoms with Crippen molar-refractivity contribution in [3.8, 4) is 5.75 Å². The zero-order valence-corrected chi connectivity index (χ0v) is 12.9. The van der Waals surface area contributed by atoms with Gasteiger partial charge in [0, 0.05) is 17.6 Å². The monoisotopic (exact) mass is 335 g/mol. The number of aliphatic hydroxyl groups excluding tert-OH is 1. The number of halogens is 1. The van der Waals surface area contributed by atoms with Crippen molar-refractivity contribution in [3.05, 3.63) is 63.6 Å². The molecule has 0 saturated carbocycles. The summed E-state index contributed by atoms with van der Waals surface area (Å²) in [6.07, 6.45) is -0.536. The Balaban J connectivity index is 1.91. The molecule has 0 amide bonds. The van der Waals surface area contributed by atoms with Gasteiger partial charge in [0.25, 0.3) is 0 Å². The summed E-state index contributed by atoms with van der Waals surface area (Å²) in [4.78, 5) is 0. The Morgan fingerprint density at radius 1 is 1.20 bits per heavy atom. The first-order valence-electron chi connectivity index (χ1n) is 6.49. The number of phenols is 1. The minimum absolute atomic E-state index is 0.240. The second-order valence-electron chi connectivity index (χ2n) is 4.84. The molecule has 1 unspecified atom stereocenters. The first-order chi connectivity index (χ1) is 9.56. The number of rotatable bonds is 5. The molecule has 0 bridgehead atoms. The number of hydrogen-bond acceptors (Lipinski definition) is 3. The lowest BCUT2D eigenvalue weighted by molar-refractivity contribution is 0.174. The predicted octanol–water partition coefficient (Wildman–Crippen LogP) is 3.29. The van der Waals surface area contributed by atoms with Crippen molar-refractivity contribution in [2.45, 2.75) is 19.6 Å². The Labute approximate surface area is 127 Å². The standard InChI is InChI=1S/C16H18BrNO2/c1-11-3-2-4-12(7-11)16(20)10-18-9-13-8-14(19)5-6-15(13)17/h2-8,16,18-20H,9-10H2,1H3. The largest absolute Gasteiger partial charge is 0.508 e. The topological polar surface area (TPSA) is 52.5 Å². The lowest BCUT2D eigenvalue weighted by Crippen LogP contribution is -2.21. The van der Waals surface area contributed by atoms with Crippen LogP contribution in [0.3, 0.4) is 0 Å². The molecule has 1 atom stereocenters. The number of aliphatic hydroxyl groups is 1. The van der Waals surface area contributed by atoms with Crippen LogP contribution in [-0.4, -0.2) is 16.8 Å². The highest BCUT2D eigenvalue weighted by molar-refractivity contribution is 9.10. The van der Waals surface area contributed by atoms with Crippen molar-refractivity contribution in [1.82, 2.24) is 5.32 Å². The summed E-state index contributed by atoms with van der Waals surface area (Å²) in [6, 6.07) is 13.0. The van der Waals surface area contributed by atoms with E-state index in [1.807, 2.05) is 37.3 Å². The molecule has 0 radical (unpaired) electrons. The number of benzene rings is 2. The average molecular weight is 336 g/mol. The summed E-state index contributed by atoms with van der Waals surface area (Å²) in [5.74, 6) is 0.240. The molecule has 0 aromatic heterocycles. The van der Waals surface area contributed by atoms with E-state index >= 15 is 0 Å². The van der Waals surface area contributed by atoms with Crippen LogP contribution in [0.2, 0.25) is 0 Å². The highest BCUT2D eigenvalue weighted by atomic mass is 79.9. The van der Waals surface area contributed by atoms with Crippen molar-refractivity contribution < 1.29 is 10.2 Å². The second kappa shape index (κ2) is 6.88. The minimum atomic E-state index is -0.536. The molecule has 0 heterocycles. The van der Waals surface area contributed by atoms with Crippen molar-refractivity contribution >= 4 is 15.9 Å². The van der Waals surface area contributed by atoms with E-state index in [0.717, 1.165) is 21.2 Å². The summed E-state index contributed by atoms with van der Waals surface area (Å²) in [5.41, 5.74) is 3.01. The van der Waals surface area contributed by atoms with Crippen LogP contribution in [-0.2, 0) is 6.54 Å². The number of phenolic OH excluding ortho intramolecular Hbond substituents is 1. The van der Waals surface area contributed by atoms with Gasteiger partial charge in [0.2, 0.25) is 0 Å². The Bertz CT molecular complexity index is 586. The molecule has 0 fully saturated rings. The summed E-state index contributed by atoms with van der Waals surface area (Å²) in [7, 11) is 0. The van der Waals surface area contributed by atoms with Gasteiger partial charge in [-0.3, -0.25) is 0 Å². The molecule has 0 aliphatic carbocycles. The van der Waals surface area contributed by atoms with Gasteiger partial charge in [-0.25, -0.2) is 0 Å². The van der Waals surface area contributed by atoms with Gasteiger partial charge in [-0.1, -0.05) is 45.8 Å². The molecule has 106 valence electrons. The summed E-state index contributed by atoms with van der Waals surface area (Å²) in [6.45, 7) is 3.05. The van der Waals surface area contributed by atoms with Gasteiger partial charge in [0.15, 0.2) is 0 Å². The first-order valence-corrected chi connectivity index (χ1v) is 7.28. The number of hydrogen-bond donors (Lipinski definition) is 3. The smallest absolute Gasteiger partial charge is 0.115 e. The van der Waals surface area contributed by atoms with Gasteiger partial charge in [0.05, 0.1) is 6.10 Å². The van der Waals surface area contributed by atoms with E-state index in [9.17, 15) is 10.2 Å². The van der Waals surface area contributed by atoms with E-state index in [0.29, 0.717) is 13.1 Å². The molecule has 0 aliphatic rings. The first kappa shape index (κ1) is 15.0. The normalized spacial score (nSPS) is 12.3. The van der Waals surface area contributed by atoms with E-state index in [1.165, 1.54) is 0 Å². The van der Waals surface area contributed by atoms with Gasteiger partial charge in [-0.2, -0.15) is 0 Å². The fourth-order valence-corrected chi connectivity index (χ4v) is 2.42. The van der Waals surface area contributed by atoms with E-state index in [2.05, 4.69) is 21.2 Å². The average Bonchev–Trinajstić information content (AvgIpc) is 2.42. The SMILES string of the molecule is Cc1cccc(C(O)CNCc2cc(O)ccc2Br)c1. The molecule has 4 heteroatoms. The third-order valence-corrected chi connectivity index (χ3v) is 3.88. The fraction of sp³-hybridized carbons (Fsp3) is 0.250. The summed E-state index contributed by atoms with van der Waals surface area (Å²) < 4.78 is 0.938. The Morgan fingerprint density at radius 2 is 2.00 bits per heavy atom. The molecular weight excluding hydrogens is 318 g/mol. The molecule has 2 aromatic rings. The Kier molecular flexibility index (Phi) is 5.17. The van der Waals surface area contributed by atoms with Crippen molar-refractivity contribution in [1.29, 1.82) is 0 Å². The molecular formula is C16H18BrNO2. The van der Waals surface area contributed by atoms with Crippen LogP contribution in [0.25, 0.3) is 0 Å². The maximum absolute atomic E-state index is 10.1.